The highest BCUT2D eigenvalue weighted by atomic mass is 32.2. The number of hydrogen-bond acceptors (Lipinski definition) is 4. The van der Waals surface area contributed by atoms with Crippen LogP contribution in [-0.4, -0.2) is 42.2 Å². The average molecular weight is 491 g/mol. The second-order valence-corrected chi connectivity index (χ2v) is 9.37. The highest BCUT2D eigenvalue weighted by Crippen LogP contribution is 2.21. The van der Waals surface area contributed by atoms with Crippen molar-refractivity contribution in [3.63, 3.8) is 0 Å². The number of rotatable bonds is 12. The van der Waals surface area contributed by atoms with Crippen molar-refractivity contribution in [2.75, 3.05) is 19.4 Å². The third kappa shape index (κ3) is 7.89. The topological polar surface area (TPSA) is 58.6 Å². The summed E-state index contributed by atoms with van der Waals surface area (Å²) in [6.07, 6.45) is 0.466. The SMILES string of the molecule is CCNC(=O)C(Cc1ccccc1)N(Cc1ccccc1C)C(=O)CSCc1ccc(OC)cc1. The molecular weight excluding hydrogens is 456 g/mol. The van der Waals surface area contributed by atoms with Gasteiger partial charge in [-0.3, -0.25) is 9.59 Å². The lowest BCUT2D eigenvalue weighted by Crippen LogP contribution is -2.51. The fourth-order valence-electron chi connectivity index (χ4n) is 3.88. The van der Waals surface area contributed by atoms with Gasteiger partial charge >= 0.3 is 0 Å². The van der Waals surface area contributed by atoms with Gasteiger partial charge in [-0.15, -0.1) is 11.8 Å². The second kappa shape index (κ2) is 13.6. The summed E-state index contributed by atoms with van der Waals surface area (Å²) in [6, 6.07) is 25.2. The number of ether oxygens (including phenoxy) is 1. The molecule has 184 valence electrons. The Kier molecular flexibility index (Phi) is 10.2. The summed E-state index contributed by atoms with van der Waals surface area (Å²) < 4.78 is 5.22. The standard InChI is InChI=1S/C29H34N2O3S/c1-4-30-29(33)27(18-23-11-6-5-7-12-23)31(19-25-13-9-8-10-22(25)2)28(32)21-35-20-24-14-16-26(34-3)17-15-24/h5-17,27H,4,18-21H2,1-3H3,(H,30,33). The third-order valence-electron chi connectivity index (χ3n) is 5.88. The molecule has 0 aliphatic heterocycles. The van der Waals surface area contributed by atoms with Crippen LogP contribution in [0.25, 0.3) is 0 Å². The maximum absolute atomic E-state index is 13.6. The lowest BCUT2D eigenvalue weighted by Gasteiger charge is -2.32. The van der Waals surface area contributed by atoms with Crippen molar-refractivity contribution in [2.24, 2.45) is 0 Å². The van der Waals surface area contributed by atoms with E-state index in [0.29, 0.717) is 31.0 Å². The molecule has 3 aromatic rings. The van der Waals surface area contributed by atoms with Crippen LogP contribution in [0.5, 0.6) is 5.75 Å². The zero-order chi connectivity index (χ0) is 25.0. The van der Waals surface area contributed by atoms with Crippen LogP contribution in [-0.2, 0) is 28.3 Å². The molecule has 6 heteroatoms. The van der Waals surface area contributed by atoms with Gasteiger partial charge in [-0.05, 0) is 48.2 Å². The number of hydrogen-bond donors (Lipinski definition) is 1. The van der Waals surface area contributed by atoms with E-state index in [9.17, 15) is 9.59 Å². The predicted octanol–water partition coefficient (Wildman–Crippen LogP) is 5.01. The normalized spacial score (nSPS) is 11.5. The number of aryl methyl sites for hydroxylation is 1. The zero-order valence-corrected chi connectivity index (χ0v) is 21.5. The highest BCUT2D eigenvalue weighted by Gasteiger charge is 2.30. The first-order chi connectivity index (χ1) is 17.0. The van der Waals surface area contributed by atoms with Crippen molar-refractivity contribution in [3.8, 4) is 5.75 Å². The molecule has 3 rings (SSSR count). The summed E-state index contributed by atoms with van der Waals surface area (Å²) in [5, 5.41) is 2.94. The van der Waals surface area contributed by atoms with Crippen LogP contribution >= 0.6 is 11.8 Å². The molecule has 0 aliphatic carbocycles. The molecule has 2 amide bonds. The number of nitrogens with one attached hydrogen (secondary N) is 1. The van der Waals surface area contributed by atoms with Crippen LogP contribution in [0.2, 0.25) is 0 Å². The van der Waals surface area contributed by atoms with E-state index in [4.69, 9.17) is 4.74 Å². The molecule has 0 spiro atoms. The monoisotopic (exact) mass is 490 g/mol. The Hall–Kier alpha value is -3.25. The van der Waals surface area contributed by atoms with E-state index in [1.54, 1.807) is 23.8 Å². The van der Waals surface area contributed by atoms with Gasteiger partial charge in [0.05, 0.1) is 12.9 Å². The maximum atomic E-state index is 13.6. The van der Waals surface area contributed by atoms with Crippen molar-refractivity contribution in [1.82, 2.24) is 10.2 Å². The van der Waals surface area contributed by atoms with Gasteiger partial charge in [-0.1, -0.05) is 66.7 Å². The molecular formula is C29H34N2O3S. The van der Waals surface area contributed by atoms with Gasteiger partial charge in [0, 0.05) is 25.3 Å². The number of carbonyl (C=O) groups excluding carboxylic acids is 2. The second-order valence-electron chi connectivity index (χ2n) is 8.39. The van der Waals surface area contributed by atoms with E-state index in [2.05, 4.69) is 5.32 Å². The van der Waals surface area contributed by atoms with Crippen molar-refractivity contribution in [2.45, 2.75) is 38.6 Å². The fourth-order valence-corrected chi connectivity index (χ4v) is 4.75. The number of likely N-dealkylation sites (N-methyl/N-ethyl adjacent to an activating group) is 1. The first kappa shape index (κ1) is 26.4. The number of nitrogens with zero attached hydrogens (tertiary/aromatic N) is 1. The molecule has 0 heterocycles. The molecule has 5 nitrogen and oxygen atoms in total. The van der Waals surface area contributed by atoms with Gasteiger partial charge in [0.25, 0.3) is 0 Å². The Morgan fingerprint density at radius 2 is 1.63 bits per heavy atom. The predicted molar refractivity (Wildman–Crippen MR) is 144 cm³/mol. The molecule has 1 unspecified atom stereocenters. The molecule has 0 saturated carbocycles. The van der Waals surface area contributed by atoms with Gasteiger partial charge in [0.15, 0.2) is 0 Å². The Morgan fingerprint density at radius 3 is 2.29 bits per heavy atom. The first-order valence-electron chi connectivity index (χ1n) is 11.9. The summed E-state index contributed by atoms with van der Waals surface area (Å²) in [5.41, 5.74) is 4.30. The van der Waals surface area contributed by atoms with E-state index >= 15 is 0 Å². The zero-order valence-electron chi connectivity index (χ0n) is 20.7. The molecule has 0 radical (unpaired) electrons. The molecule has 3 aromatic carbocycles. The quantitative estimate of drug-likeness (QED) is 0.388. The largest absolute Gasteiger partial charge is 0.497 e. The fraction of sp³-hybridized carbons (Fsp3) is 0.310. The number of benzene rings is 3. The Balaban J connectivity index is 1.81. The molecule has 35 heavy (non-hydrogen) atoms. The minimum Gasteiger partial charge on any atom is -0.497 e. The van der Waals surface area contributed by atoms with Crippen LogP contribution in [0.1, 0.15) is 29.2 Å². The third-order valence-corrected chi connectivity index (χ3v) is 6.87. The van der Waals surface area contributed by atoms with Crippen molar-refractivity contribution < 1.29 is 14.3 Å². The van der Waals surface area contributed by atoms with E-state index in [0.717, 1.165) is 28.0 Å². The lowest BCUT2D eigenvalue weighted by atomic mass is 10.0. The smallest absolute Gasteiger partial charge is 0.243 e. The number of methoxy groups -OCH3 is 1. The van der Waals surface area contributed by atoms with Gasteiger partial charge in [0.2, 0.25) is 11.8 Å². The highest BCUT2D eigenvalue weighted by molar-refractivity contribution is 7.99. The average Bonchev–Trinajstić information content (AvgIpc) is 2.88. The van der Waals surface area contributed by atoms with Crippen molar-refractivity contribution >= 4 is 23.6 Å². The maximum Gasteiger partial charge on any atom is 0.243 e. The van der Waals surface area contributed by atoms with Crippen LogP contribution in [0.4, 0.5) is 0 Å². The van der Waals surface area contributed by atoms with Gasteiger partial charge in [-0.25, -0.2) is 0 Å². The van der Waals surface area contributed by atoms with Crippen LogP contribution in [0, 0.1) is 6.92 Å². The Bertz CT molecular complexity index is 1090. The van der Waals surface area contributed by atoms with Gasteiger partial charge < -0.3 is 15.0 Å². The van der Waals surface area contributed by atoms with Crippen LogP contribution in [0.15, 0.2) is 78.9 Å². The van der Waals surface area contributed by atoms with Crippen LogP contribution in [0.3, 0.4) is 0 Å². The first-order valence-corrected chi connectivity index (χ1v) is 13.0. The van der Waals surface area contributed by atoms with Crippen molar-refractivity contribution in [1.29, 1.82) is 0 Å². The number of thioether (sulfide) groups is 1. The number of amides is 2. The number of carbonyl (C=O) groups is 2. The summed E-state index contributed by atoms with van der Waals surface area (Å²) in [4.78, 5) is 28.5. The lowest BCUT2D eigenvalue weighted by molar-refractivity contribution is -0.139. The summed E-state index contributed by atoms with van der Waals surface area (Å²) in [6.45, 7) is 4.84. The molecule has 1 N–H and O–H groups in total. The minimum atomic E-state index is -0.592. The van der Waals surface area contributed by atoms with Gasteiger partial charge in [0.1, 0.15) is 11.8 Å². The molecule has 0 fully saturated rings. The molecule has 0 bridgehead atoms. The van der Waals surface area contributed by atoms with E-state index in [1.165, 1.54) is 0 Å². The summed E-state index contributed by atoms with van der Waals surface area (Å²) in [5.74, 6) is 1.64. The molecule has 0 aliphatic rings. The minimum absolute atomic E-state index is 0.0426. The van der Waals surface area contributed by atoms with Gasteiger partial charge in [-0.2, -0.15) is 0 Å². The Labute approximate surface area is 212 Å². The molecule has 0 saturated heterocycles. The summed E-state index contributed by atoms with van der Waals surface area (Å²) >= 11 is 1.56. The molecule has 1 atom stereocenters. The molecule has 0 aromatic heterocycles. The van der Waals surface area contributed by atoms with Crippen LogP contribution < -0.4 is 10.1 Å². The van der Waals surface area contributed by atoms with E-state index in [1.807, 2.05) is 92.7 Å². The Morgan fingerprint density at radius 1 is 0.943 bits per heavy atom. The van der Waals surface area contributed by atoms with Crippen molar-refractivity contribution in [3.05, 3.63) is 101 Å². The van der Waals surface area contributed by atoms with E-state index in [-0.39, 0.29) is 11.8 Å². The van der Waals surface area contributed by atoms with E-state index < -0.39 is 6.04 Å². The summed E-state index contributed by atoms with van der Waals surface area (Å²) in [7, 11) is 1.64.